The number of hydrogen-bond donors (Lipinski definition) is 3. The van der Waals surface area contributed by atoms with Gasteiger partial charge in [0.1, 0.15) is 5.69 Å². The van der Waals surface area contributed by atoms with E-state index in [1.165, 1.54) is 12.3 Å². The summed E-state index contributed by atoms with van der Waals surface area (Å²) in [4.78, 5) is 12.9. The van der Waals surface area contributed by atoms with Gasteiger partial charge in [0, 0.05) is 6.20 Å². The third kappa shape index (κ3) is 1.59. The van der Waals surface area contributed by atoms with Crippen LogP contribution in [0.3, 0.4) is 0 Å². The zero-order valence-electron chi connectivity index (χ0n) is 6.03. The Labute approximate surface area is 63.5 Å². The number of aromatic amines is 1. The van der Waals surface area contributed by atoms with Crippen LogP contribution in [0.2, 0.25) is 0 Å². The number of hydrogen-bond acceptors (Lipinski definition) is 2. The molecule has 0 saturated heterocycles. The summed E-state index contributed by atoms with van der Waals surface area (Å²) in [5.41, 5.74) is 0.684. The van der Waals surface area contributed by atoms with Crippen LogP contribution in [-0.4, -0.2) is 21.2 Å². The minimum absolute atomic E-state index is 0.0981. The zero-order valence-corrected chi connectivity index (χ0v) is 6.03. The van der Waals surface area contributed by atoms with E-state index in [1.54, 1.807) is 6.92 Å². The number of carboxylic acids is 1. The first-order chi connectivity index (χ1) is 5.11. The van der Waals surface area contributed by atoms with E-state index in [0.717, 1.165) is 0 Å². The summed E-state index contributed by atoms with van der Waals surface area (Å²) in [5.74, 6) is -1.02. The van der Waals surface area contributed by atoms with Crippen molar-refractivity contribution in [3.05, 3.63) is 23.5 Å². The molecule has 3 N–H and O–H groups in total. The molecule has 1 aromatic rings. The second kappa shape index (κ2) is 2.75. The van der Waals surface area contributed by atoms with E-state index in [0.29, 0.717) is 5.56 Å². The SMILES string of the molecule is C[C@@H](O)c1c[nH]c(C(=O)O)c1. The molecule has 1 atom stereocenters. The van der Waals surface area contributed by atoms with Gasteiger partial charge in [0.25, 0.3) is 0 Å². The van der Waals surface area contributed by atoms with Gasteiger partial charge in [0.2, 0.25) is 0 Å². The first-order valence-corrected chi connectivity index (χ1v) is 3.21. The Morgan fingerprint density at radius 3 is 2.64 bits per heavy atom. The number of H-pyrrole nitrogens is 1. The summed E-state index contributed by atoms with van der Waals surface area (Å²) in [6.45, 7) is 1.58. The van der Waals surface area contributed by atoms with Crippen molar-refractivity contribution in [3.63, 3.8) is 0 Å². The van der Waals surface area contributed by atoms with Crippen molar-refractivity contribution >= 4 is 5.97 Å². The lowest BCUT2D eigenvalue weighted by molar-refractivity contribution is 0.0691. The van der Waals surface area contributed by atoms with Crippen molar-refractivity contribution in [2.24, 2.45) is 0 Å². The average Bonchev–Trinajstić information content (AvgIpc) is 2.33. The third-order valence-corrected chi connectivity index (χ3v) is 1.42. The molecule has 1 heterocycles. The molecule has 1 rings (SSSR count). The van der Waals surface area contributed by atoms with E-state index in [-0.39, 0.29) is 5.69 Å². The van der Waals surface area contributed by atoms with E-state index < -0.39 is 12.1 Å². The van der Waals surface area contributed by atoms with E-state index in [2.05, 4.69) is 4.98 Å². The fourth-order valence-electron chi connectivity index (χ4n) is 0.776. The van der Waals surface area contributed by atoms with Crippen molar-refractivity contribution in [1.82, 2.24) is 4.98 Å². The lowest BCUT2D eigenvalue weighted by Crippen LogP contribution is -1.95. The van der Waals surface area contributed by atoms with E-state index in [4.69, 9.17) is 10.2 Å². The summed E-state index contributed by atoms with van der Waals surface area (Å²) in [6.07, 6.45) is 0.855. The van der Waals surface area contributed by atoms with E-state index in [9.17, 15) is 4.79 Å². The molecule has 0 unspecified atom stereocenters. The number of carbonyl (C=O) groups is 1. The van der Waals surface area contributed by atoms with Crippen LogP contribution in [0.4, 0.5) is 0 Å². The van der Waals surface area contributed by atoms with Crippen LogP contribution in [0.5, 0.6) is 0 Å². The molecule has 0 amide bonds. The Balaban J connectivity index is 2.90. The highest BCUT2D eigenvalue weighted by atomic mass is 16.4. The Hall–Kier alpha value is -1.29. The molecule has 0 aliphatic heterocycles. The van der Waals surface area contributed by atoms with Gasteiger partial charge in [-0.2, -0.15) is 0 Å². The lowest BCUT2D eigenvalue weighted by atomic mass is 10.2. The number of rotatable bonds is 2. The highest BCUT2D eigenvalue weighted by Gasteiger charge is 2.08. The van der Waals surface area contributed by atoms with Crippen molar-refractivity contribution in [3.8, 4) is 0 Å². The van der Waals surface area contributed by atoms with Gasteiger partial charge in [-0.3, -0.25) is 0 Å². The summed E-state index contributed by atoms with van der Waals surface area (Å²) in [7, 11) is 0. The molecule has 0 spiro atoms. The van der Waals surface area contributed by atoms with Crippen LogP contribution in [-0.2, 0) is 0 Å². The lowest BCUT2D eigenvalue weighted by Gasteiger charge is -1.95. The molecule has 11 heavy (non-hydrogen) atoms. The van der Waals surface area contributed by atoms with Gasteiger partial charge in [0.05, 0.1) is 6.10 Å². The molecular formula is C7H9NO3. The monoisotopic (exact) mass is 155 g/mol. The predicted octanol–water partition coefficient (Wildman–Crippen LogP) is 0.766. The molecule has 0 fully saturated rings. The minimum Gasteiger partial charge on any atom is -0.477 e. The van der Waals surface area contributed by atoms with Crippen LogP contribution in [0.1, 0.15) is 29.1 Å². The minimum atomic E-state index is -1.02. The zero-order chi connectivity index (χ0) is 8.43. The number of carboxylic acid groups (broad SMARTS) is 1. The quantitative estimate of drug-likeness (QED) is 0.590. The van der Waals surface area contributed by atoms with Crippen molar-refractivity contribution in [1.29, 1.82) is 0 Å². The number of aromatic nitrogens is 1. The van der Waals surface area contributed by atoms with Crippen LogP contribution in [0.15, 0.2) is 12.3 Å². The number of aliphatic hydroxyl groups is 1. The van der Waals surface area contributed by atoms with Crippen molar-refractivity contribution in [2.75, 3.05) is 0 Å². The standard InChI is InChI=1S/C7H9NO3/c1-4(9)5-2-6(7(10)11)8-3-5/h2-4,8-9H,1H3,(H,10,11)/t4-/m1/s1. The van der Waals surface area contributed by atoms with Crippen LogP contribution in [0, 0.1) is 0 Å². The summed E-state index contributed by atoms with van der Waals surface area (Å²) in [5, 5.41) is 17.5. The molecule has 60 valence electrons. The maximum atomic E-state index is 10.3. The highest BCUT2D eigenvalue weighted by Crippen LogP contribution is 2.12. The molecule has 0 radical (unpaired) electrons. The molecule has 0 aromatic carbocycles. The second-order valence-corrected chi connectivity index (χ2v) is 2.33. The largest absolute Gasteiger partial charge is 0.477 e. The topological polar surface area (TPSA) is 73.3 Å². The van der Waals surface area contributed by atoms with Crippen molar-refractivity contribution < 1.29 is 15.0 Å². The molecular weight excluding hydrogens is 146 g/mol. The number of aliphatic hydroxyl groups excluding tert-OH is 1. The summed E-state index contributed by atoms with van der Waals surface area (Å²) >= 11 is 0. The Bertz CT molecular complexity index is 264. The molecule has 0 saturated carbocycles. The van der Waals surface area contributed by atoms with Crippen LogP contribution >= 0.6 is 0 Å². The highest BCUT2D eigenvalue weighted by molar-refractivity contribution is 5.85. The van der Waals surface area contributed by atoms with Gasteiger partial charge >= 0.3 is 5.97 Å². The number of aromatic carboxylic acids is 1. The first kappa shape index (κ1) is 7.81. The van der Waals surface area contributed by atoms with Gasteiger partial charge in [-0.1, -0.05) is 0 Å². The predicted molar refractivity (Wildman–Crippen MR) is 38.4 cm³/mol. The van der Waals surface area contributed by atoms with Gasteiger partial charge in [-0.15, -0.1) is 0 Å². The molecule has 0 bridgehead atoms. The van der Waals surface area contributed by atoms with Crippen molar-refractivity contribution in [2.45, 2.75) is 13.0 Å². The van der Waals surface area contributed by atoms with Gasteiger partial charge in [0.15, 0.2) is 0 Å². The molecule has 4 nitrogen and oxygen atoms in total. The molecule has 0 aliphatic rings. The Morgan fingerprint density at radius 2 is 2.36 bits per heavy atom. The first-order valence-electron chi connectivity index (χ1n) is 3.21. The molecule has 1 aromatic heterocycles. The third-order valence-electron chi connectivity index (χ3n) is 1.42. The maximum absolute atomic E-state index is 10.3. The van der Waals surface area contributed by atoms with Crippen LogP contribution in [0.25, 0.3) is 0 Å². The average molecular weight is 155 g/mol. The Morgan fingerprint density at radius 1 is 1.73 bits per heavy atom. The van der Waals surface area contributed by atoms with Crippen LogP contribution < -0.4 is 0 Å². The molecule has 4 heteroatoms. The summed E-state index contributed by atoms with van der Waals surface area (Å²) < 4.78 is 0. The number of nitrogens with one attached hydrogen (secondary N) is 1. The van der Waals surface area contributed by atoms with Gasteiger partial charge < -0.3 is 15.2 Å². The fraction of sp³-hybridized carbons (Fsp3) is 0.286. The second-order valence-electron chi connectivity index (χ2n) is 2.33. The smallest absolute Gasteiger partial charge is 0.352 e. The van der Waals surface area contributed by atoms with Gasteiger partial charge in [-0.25, -0.2) is 4.79 Å². The van der Waals surface area contributed by atoms with Gasteiger partial charge in [-0.05, 0) is 18.6 Å². The maximum Gasteiger partial charge on any atom is 0.352 e. The normalized spacial score (nSPS) is 12.9. The summed E-state index contributed by atoms with van der Waals surface area (Å²) in [6, 6.07) is 1.41. The van der Waals surface area contributed by atoms with E-state index >= 15 is 0 Å². The Kier molecular flexibility index (Phi) is 1.96. The van der Waals surface area contributed by atoms with E-state index in [1.807, 2.05) is 0 Å². The molecule has 0 aliphatic carbocycles. The fourth-order valence-corrected chi connectivity index (χ4v) is 0.776.